The molecule has 1 aliphatic heterocycles. The number of anilines is 1. The van der Waals surface area contributed by atoms with E-state index in [1.807, 2.05) is 6.07 Å². The number of nitrogens with one attached hydrogen (secondary N) is 2. The summed E-state index contributed by atoms with van der Waals surface area (Å²) in [6.07, 6.45) is 0. The number of H-pyrrole nitrogens is 2. The van der Waals surface area contributed by atoms with Crippen LogP contribution in [0.2, 0.25) is 0 Å². The minimum absolute atomic E-state index is 0.0584. The Bertz CT molecular complexity index is 1350. The molecule has 0 radical (unpaired) electrons. The normalized spacial score (nSPS) is 15.2. The van der Waals surface area contributed by atoms with E-state index in [9.17, 15) is 23.3 Å². The van der Waals surface area contributed by atoms with E-state index in [0.29, 0.717) is 16.7 Å². The summed E-state index contributed by atoms with van der Waals surface area (Å²) < 4.78 is 27.3. The molecular weight excluding hydrogens is 412 g/mol. The third kappa shape index (κ3) is 3.40. The third-order valence-electron chi connectivity index (χ3n) is 5.01. The summed E-state index contributed by atoms with van der Waals surface area (Å²) in [5.74, 6) is 0. The summed E-state index contributed by atoms with van der Waals surface area (Å²) in [5.41, 5.74) is 0.835. The van der Waals surface area contributed by atoms with Gasteiger partial charge in [-0.1, -0.05) is 0 Å². The molecule has 0 saturated carbocycles. The van der Waals surface area contributed by atoms with Gasteiger partial charge in [-0.15, -0.1) is 0 Å². The van der Waals surface area contributed by atoms with Gasteiger partial charge >= 0.3 is 5.69 Å². The van der Waals surface area contributed by atoms with Crippen LogP contribution in [0, 0.1) is 21.4 Å². The second-order valence-corrected chi connectivity index (χ2v) is 8.69. The largest absolute Gasteiger partial charge is 0.363 e. The number of nitrogens with zero attached hydrogens (tertiary/aromatic N) is 4. The Morgan fingerprint density at radius 1 is 1.03 bits per heavy atom. The lowest BCUT2D eigenvalue weighted by molar-refractivity contribution is -0.384. The van der Waals surface area contributed by atoms with Gasteiger partial charge in [0.1, 0.15) is 5.69 Å². The highest BCUT2D eigenvalue weighted by Gasteiger charge is 2.31. The van der Waals surface area contributed by atoms with Crippen molar-refractivity contribution in [3.63, 3.8) is 0 Å². The number of nitro groups is 1. The number of aromatic nitrogens is 2. The molecule has 154 valence electrons. The molecule has 0 atom stereocenters. The number of rotatable bonds is 4. The fraction of sp³-hybridized carbons (Fsp3) is 0.222. The Hall–Kier alpha value is -3.69. The SMILES string of the molecule is N#Cc1ccc(N2CCN(S(=O)(=O)c3ccc4[nH]c(=O)[nH]c4c3)CC2)c([N+](=O)[O-])c1. The molecule has 4 rings (SSSR count). The minimum Gasteiger partial charge on any atom is -0.363 e. The van der Waals surface area contributed by atoms with Crippen LogP contribution in [0.25, 0.3) is 11.0 Å². The van der Waals surface area contributed by atoms with Crippen molar-refractivity contribution in [2.45, 2.75) is 4.90 Å². The summed E-state index contributed by atoms with van der Waals surface area (Å²) in [4.78, 5) is 29.1. The van der Waals surface area contributed by atoms with Crippen molar-refractivity contribution in [2.24, 2.45) is 0 Å². The summed E-state index contributed by atoms with van der Waals surface area (Å²) in [7, 11) is -3.79. The van der Waals surface area contributed by atoms with E-state index in [0.717, 1.165) is 0 Å². The molecule has 3 aromatic rings. The van der Waals surface area contributed by atoms with Crippen LogP contribution < -0.4 is 10.6 Å². The number of aromatic amines is 2. The van der Waals surface area contributed by atoms with E-state index in [2.05, 4.69) is 9.97 Å². The third-order valence-corrected chi connectivity index (χ3v) is 6.90. The number of piperazine rings is 1. The van der Waals surface area contributed by atoms with Gasteiger partial charge in [0.25, 0.3) is 5.69 Å². The second kappa shape index (κ2) is 7.29. The molecule has 1 aliphatic rings. The zero-order valence-electron chi connectivity index (χ0n) is 15.5. The lowest BCUT2D eigenvalue weighted by Gasteiger charge is -2.35. The highest BCUT2D eigenvalue weighted by Crippen LogP contribution is 2.31. The van der Waals surface area contributed by atoms with Crippen LogP contribution >= 0.6 is 0 Å². The molecule has 30 heavy (non-hydrogen) atoms. The lowest BCUT2D eigenvalue weighted by Crippen LogP contribution is -2.48. The topological polar surface area (TPSA) is 156 Å². The number of benzene rings is 2. The number of nitro benzene ring substituents is 1. The monoisotopic (exact) mass is 428 g/mol. The minimum atomic E-state index is -3.79. The van der Waals surface area contributed by atoms with Crippen molar-refractivity contribution in [2.75, 3.05) is 31.1 Å². The van der Waals surface area contributed by atoms with Crippen LogP contribution in [0.4, 0.5) is 11.4 Å². The number of nitriles is 1. The zero-order valence-corrected chi connectivity index (χ0v) is 16.3. The van der Waals surface area contributed by atoms with Crippen molar-refractivity contribution in [1.29, 1.82) is 5.26 Å². The van der Waals surface area contributed by atoms with Gasteiger partial charge in [0.05, 0.1) is 32.5 Å². The maximum absolute atomic E-state index is 13.0. The molecule has 2 heterocycles. The summed E-state index contributed by atoms with van der Waals surface area (Å²) in [5, 5.41) is 20.3. The summed E-state index contributed by atoms with van der Waals surface area (Å²) >= 11 is 0. The Labute approximate surface area is 170 Å². The first kappa shape index (κ1) is 19.6. The zero-order chi connectivity index (χ0) is 21.5. The van der Waals surface area contributed by atoms with Gasteiger partial charge < -0.3 is 14.9 Å². The Morgan fingerprint density at radius 2 is 1.73 bits per heavy atom. The van der Waals surface area contributed by atoms with Crippen LogP contribution in [0.5, 0.6) is 0 Å². The van der Waals surface area contributed by atoms with Crippen LogP contribution in [-0.2, 0) is 10.0 Å². The highest BCUT2D eigenvalue weighted by molar-refractivity contribution is 7.89. The summed E-state index contributed by atoms with van der Waals surface area (Å²) in [6.45, 7) is 0.798. The Morgan fingerprint density at radius 3 is 2.40 bits per heavy atom. The van der Waals surface area contributed by atoms with E-state index >= 15 is 0 Å². The van der Waals surface area contributed by atoms with Gasteiger partial charge in [-0.05, 0) is 30.3 Å². The lowest BCUT2D eigenvalue weighted by atomic mass is 10.1. The molecule has 0 aliphatic carbocycles. The van der Waals surface area contributed by atoms with E-state index < -0.39 is 20.6 Å². The molecule has 2 aromatic carbocycles. The maximum Gasteiger partial charge on any atom is 0.323 e. The number of hydrogen-bond acceptors (Lipinski definition) is 7. The molecule has 1 fully saturated rings. The molecule has 1 saturated heterocycles. The summed E-state index contributed by atoms with van der Waals surface area (Å²) in [6, 6.07) is 10.5. The van der Waals surface area contributed by atoms with Gasteiger partial charge in [0.15, 0.2) is 0 Å². The number of hydrogen-bond donors (Lipinski definition) is 2. The average molecular weight is 428 g/mol. The first-order chi connectivity index (χ1) is 14.3. The Balaban J connectivity index is 1.56. The first-order valence-electron chi connectivity index (χ1n) is 8.95. The van der Waals surface area contributed by atoms with Crippen molar-refractivity contribution < 1.29 is 13.3 Å². The molecule has 11 nitrogen and oxygen atoms in total. The second-order valence-electron chi connectivity index (χ2n) is 6.75. The average Bonchev–Trinajstić information content (AvgIpc) is 3.12. The van der Waals surface area contributed by atoms with Crippen LogP contribution in [-0.4, -0.2) is 53.8 Å². The molecule has 12 heteroatoms. The number of imidazole rings is 1. The number of fused-ring (bicyclic) bond motifs is 1. The fourth-order valence-corrected chi connectivity index (χ4v) is 4.95. The highest BCUT2D eigenvalue weighted by atomic mass is 32.2. The van der Waals surface area contributed by atoms with Gasteiger partial charge in [0, 0.05) is 32.2 Å². The molecule has 2 N–H and O–H groups in total. The van der Waals surface area contributed by atoms with Gasteiger partial charge in [-0.25, -0.2) is 13.2 Å². The smallest absolute Gasteiger partial charge is 0.323 e. The van der Waals surface area contributed by atoms with Crippen molar-refractivity contribution in [3.8, 4) is 6.07 Å². The van der Waals surface area contributed by atoms with Gasteiger partial charge in [-0.2, -0.15) is 9.57 Å². The van der Waals surface area contributed by atoms with E-state index in [1.165, 1.54) is 40.7 Å². The predicted octanol–water partition coefficient (Wildman–Crippen LogP) is 1.15. The van der Waals surface area contributed by atoms with E-state index in [1.54, 1.807) is 4.90 Å². The number of sulfonamides is 1. The van der Waals surface area contributed by atoms with Crippen molar-refractivity contribution in [3.05, 3.63) is 62.6 Å². The van der Waals surface area contributed by atoms with Crippen LogP contribution in [0.15, 0.2) is 46.1 Å². The molecule has 1 aromatic heterocycles. The van der Waals surface area contributed by atoms with Crippen molar-refractivity contribution in [1.82, 2.24) is 14.3 Å². The maximum atomic E-state index is 13.0. The van der Waals surface area contributed by atoms with E-state index in [4.69, 9.17) is 5.26 Å². The standard InChI is InChI=1S/C18H16N6O5S/c19-11-12-1-4-16(17(9-12)24(26)27)22-5-7-23(8-6-22)30(28,29)13-2-3-14-15(10-13)21-18(25)20-14/h1-4,9-10H,5-8H2,(H2,20,21,25). The van der Waals surface area contributed by atoms with E-state index in [-0.39, 0.29) is 42.3 Å². The Kier molecular flexibility index (Phi) is 4.76. The predicted molar refractivity (Wildman–Crippen MR) is 108 cm³/mol. The van der Waals surface area contributed by atoms with Gasteiger partial charge in [0.2, 0.25) is 10.0 Å². The molecule has 0 spiro atoms. The molecular formula is C18H16N6O5S. The van der Waals surface area contributed by atoms with Crippen molar-refractivity contribution >= 4 is 32.4 Å². The molecule has 0 unspecified atom stereocenters. The first-order valence-corrected chi connectivity index (χ1v) is 10.4. The molecule has 0 bridgehead atoms. The fourth-order valence-electron chi connectivity index (χ4n) is 3.50. The van der Waals surface area contributed by atoms with Gasteiger partial charge in [-0.3, -0.25) is 10.1 Å². The van der Waals surface area contributed by atoms with Crippen LogP contribution in [0.3, 0.4) is 0 Å². The quantitative estimate of drug-likeness (QED) is 0.466. The molecule has 0 amide bonds. The van der Waals surface area contributed by atoms with Crippen LogP contribution in [0.1, 0.15) is 5.56 Å².